The summed E-state index contributed by atoms with van der Waals surface area (Å²) in [6.45, 7) is 6.48. The molecule has 2 fully saturated rings. The summed E-state index contributed by atoms with van der Waals surface area (Å²) in [7, 11) is 0. The van der Waals surface area contributed by atoms with Crippen molar-refractivity contribution in [3.05, 3.63) is 29.8 Å². The van der Waals surface area contributed by atoms with Crippen LogP contribution in [0, 0.1) is 11.8 Å². The molecule has 0 aliphatic carbocycles. The predicted octanol–water partition coefficient (Wildman–Crippen LogP) is 0.859. The summed E-state index contributed by atoms with van der Waals surface area (Å²) in [5, 5.41) is 15.7. The highest BCUT2D eigenvalue weighted by Gasteiger charge is 2.38. The molecule has 1 aromatic carbocycles. The molecule has 0 radical (unpaired) electrons. The van der Waals surface area contributed by atoms with Crippen molar-refractivity contribution >= 4 is 17.5 Å². The maximum Gasteiger partial charge on any atom is 0.239 e. The third kappa shape index (κ3) is 3.85. The van der Waals surface area contributed by atoms with E-state index in [1.807, 2.05) is 24.3 Å². The minimum atomic E-state index is -0.628. The highest BCUT2D eigenvalue weighted by Crippen LogP contribution is 2.27. The molecule has 0 saturated carbocycles. The molecular formula is C19H27N3O3. The minimum Gasteiger partial charge on any atom is -0.391 e. The molecule has 3 N–H and O–H groups in total. The fraction of sp³-hybridized carbons (Fsp3) is 0.579. The molecule has 2 aliphatic heterocycles. The maximum atomic E-state index is 12.6. The zero-order chi connectivity index (χ0) is 18.0. The van der Waals surface area contributed by atoms with Gasteiger partial charge in [-0.2, -0.15) is 0 Å². The number of carbonyl (C=O) groups excluding carboxylic acids is 2. The van der Waals surface area contributed by atoms with Crippen LogP contribution in [0.1, 0.15) is 31.7 Å². The molecule has 6 heteroatoms. The molecule has 1 aromatic rings. The van der Waals surface area contributed by atoms with Gasteiger partial charge in [-0.05, 0) is 30.0 Å². The predicted molar refractivity (Wildman–Crippen MR) is 96.4 cm³/mol. The molecule has 0 bridgehead atoms. The zero-order valence-electron chi connectivity index (χ0n) is 14.9. The summed E-state index contributed by atoms with van der Waals surface area (Å²) in [5.74, 6) is -0.538. The Labute approximate surface area is 148 Å². The molecule has 2 saturated heterocycles. The molecule has 3 atom stereocenters. The number of aliphatic hydroxyl groups excluding tert-OH is 1. The van der Waals surface area contributed by atoms with Crippen LogP contribution >= 0.6 is 0 Å². The summed E-state index contributed by atoms with van der Waals surface area (Å²) in [6, 6.07) is 7.98. The van der Waals surface area contributed by atoms with Crippen LogP contribution in [0.15, 0.2) is 24.3 Å². The van der Waals surface area contributed by atoms with Gasteiger partial charge >= 0.3 is 0 Å². The number of nitrogens with zero attached hydrogens (tertiary/aromatic N) is 1. The Kier molecular flexibility index (Phi) is 5.39. The lowest BCUT2D eigenvalue weighted by molar-refractivity contribution is -0.132. The standard InChI is InChI=1S/C19H27N3O3/c1-12(2)13-3-5-15(6-4-13)22-8-7-16(19(22)25)18(24)21-10-14-9-20-11-17(14)23/h3-6,12,14,16-17,20,23H,7-11H2,1-2H3,(H,21,24). The summed E-state index contributed by atoms with van der Waals surface area (Å²) < 4.78 is 0. The molecule has 6 nitrogen and oxygen atoms in total. The van der Waals surface area contributed by atoms with E-state index in [0.29, 0.717) is 38.5 Å². The third-order valence-corrected chi connectivity index (χ3v) is 5.24. The van der Waals surface area contributed by atoms with Crippen LogP contribution in [0.2, 0.25) is 0 Å². The van der Waals surface area contributed by atoms with Crippen molar-refractivity contribution in [2.45, 2.75) is 32.3 Å². The van der Waals surface area contributed by atoms with E-state index in [2.05, 4.69) is 24.5 Å². The average molecular weight is 345 g/mol. The highest BCUT2D eigenvalue weighted by atomic mass is 16.3. The molecule has 2 heterocycles. The number of hydrogen-bond donors (Lipinski definition) is 3. The largest absolute Gasteiger partial charge is 0.391 e. The van der Waals surface area contributed by atoms with Gasteiger partial charge in [-0.3, -0.25) is 9.59 Å². The number of hydrogen-bond acceptors (Lipinski definition) is 4. The van der Waals surface area contributed by atoms with Crippen LogP contribution in [0.3, 0.4) is 0 Å². The molecule has 2 aliphatic rings. The lowest BCUT2D eigenvalue weighted by Crippen LogP contribution is -2.40. The van der Waals surface area contributed by atoms with E-state index in [1.165, 1.54) is 5.56 Å². The summed E-state index contributed by atoms with van der Waals surface area (Å²) in [4.78, 5) is 26.7. The fourth-order valence-electron chi connectivity index (χ4n) is 3.50. The summed E-state index contributed by atoms with van der Waals surface area (Å²) >= 11 is 0. The van der Waals surface area contributed by atoms with Gasteiger partial charge in [0, 0.05) is 37.8 Å². The van der Waals surface area contributed by atoms with Gasteiger partial charge in [0.05, 0.1) is 6.10 Å². The van der Waals surface area contributed by atoms with Crippen molar-refractivity contribution in [2.24, 2.45) is 11.8 Å². The summed E-state index contributed by atoms with van der Waals surface area (Å²) in [6.07, 6.45) is 0.0952. The number of anilines is 1. The monoisotopic (exact) mass is 345 g/mol. The van der Waals surface area contributed by atoms with Crippen LogP contribution in [0.5, 0.6) is 0 Å². The Bertz CT molecular complexity index is 629. The second kappa shape index (κ2) is 7.54. The molecule has 25 heavy (non-hydrogen) atoms. The first kappa shape index (κ1) is 17.9. The molecular weight excluding hydrogens is 318 g/mol. The van der Waals surface area contributed by atoms with E-state index < -0.39 is 12.0 Å². The quantitative estimate of drug-likeness (QED) is 0.692. The molecule has 0 spiro atoms. The number of rotatable bonds is 5. The first-order valence-electron chi connectivity index (χ1n) is 9.05. The van der Waals surface area contributed by atoms with E-state index in [9.17, 15) is 14.7 Å². The van der Waals surface area contributed by atoms with Crippen LogP contribution in [-0.2, 0) is 9.59 Å². The normalized spacial score (nSPS) is 26.5. The number of aliphatic hydroxyl groups is 1. The number of benzene rings is 1. The van der Waals surface area contributed by atoms with Gasteiger partial charge in [0.15, 0.2) is 0 Å². The Morgan fingerprint density at radius 3 is 2.64 bits per heavy atom. The summed E-state index contributed by atoms with van der Waals surface area (Å²) in [5.41, 5.74) is 2.08. The van der Waals surface area contributed by atoms with Crippen molar-refractivity contribution in [1.82, 2.24) is 10.6 Å². The van der Waals surface area contributed by atoms with Gasteiger partial charge in [0.1, 0.15) is 5.92 Å². The third-order valence-electron chi connectivity index (χ3n) is 5.24. The lowest BCUT2D eigenvalue weighted by Gasteiger charge is -2.18. The Hall–Kier alpha value is -1.92. The van der Waals surface area contributed by atoms with Gasteiger partial charge in [0.25, 0.3) is 0 Å². The van der Waals surface area contributed by atoms with E-state index in [4.69, 9.17) is 0 Å². The fourth-order valence-corrected chi connectivity index (χ4v) is 3.50. The van der Waals surface area contributed by atoms with Gasteiger partial charge < -0.3 is 20.6 Å². The van der Waals surface area contributed by atoms with E-state index in [1.54, 1.807) is 4.90 Å². The second-order valence-corrected chi connectivity index (χ2v) is 7.31. The Balaban J connectivity index is 1.58. The van der Waals surface area contributed by atoms with Gasteiger partial charge in [0.2, 0.25) is 11.8 Å². The Morgan fingerprint density at radius 1 is 1.32 bits per heavy atom. The van der Waals surface area contributed by atoms with E-state index in [-0.39, 0.29) is 17.7 Å². The SMILES string of the molecule is CC(C)c1ccc(N2CCC(C(=O)NCC3CNCC3O)C2=O)cc1. The zero-order valence-corrected chi connectivity index (χ0v) is 14.9. The number of carbonyl (C=O) groups is 2. The first-order valence-corrected chi connectivity index (χ1v) is 9.05. The molecule has 3 rings (SSSR count). The van der Waals surface area contributed by atoms with Crippen LogP contribution in [-0.4, -0.2) is 49.2 Å². The molecule has 2 amide bonds. The van der Waals surface area contributed by atoms with E-state index >= 15 is 0 Å². The van der Waals surface area contributed by atoms with Crippen molar-refractivity contribution in [1.29, 1.82) is 0 Å². The van der Waals surface area contributed by atoms with Crippen molar-refractivity contribution in [3.63, 3.8) is 0 Å². The van der Waals surface area contributed by atoms with Gasteiger partial charge in [-0.1, -0.05) is 26.0 Å². The number of nitrogens with one attached hydrogen (secondary N) is 2. The van der Waals surface area contributed by atoms with Crippen molar-refractivity contribution < 1.29 is 14.7 Å². The van der Waals surface area contributed by atoms with Crippen LogP contribution in [0.4, 0.5) is 5.69 Å². The lowest BCUT2D eigenvalue weighted by atomic mass is 10.0. The van der Waals surface area contributed by atoms with E-state index in [0.717, 1.165) is 5.69 Å². The number of β-amino-alcohol motifs (C(OH)–C–C–N with tert-alkyl or cyclic N) is 1. The van der Waals surface area contributed by atoms with Crippen molar-refractivity contribution in [2.75, 3.05) is 31.1 Å². The smallest absolute Gasteiger partial charge is 0.239 e. The minimum absolute atomic E-state index is 0.0140. The highest BCUT2D eigenvalue weighted by molar-refractivity contribution is 6.09. The first-order chi connectivity index (χ1) is 12.0. The average Bonchev–Trinajstić information content (AvgIpc) is 3.18. The second-order valence-electron chi connectivity index (χ2n) is 7.31. The Morgan fingerprint density at radius 2 is 2.04 bits per heavy atom. The van der Waals surface area contributed by atoms with Gasteiger partial charge in [-0.15, -0.1) is 0 Å². The van der Waals surface area contributed by atoms with Crippen molar-refractivity contribution in [3.8, 4) is 0 Å². The topological polar surface area (TPSA) is 81.7 Å². The maximum absolute atomic E-state index is 12.6. The van der Waals surface area contributed by atoms with Gasteiger partial charge in [-0.25, -0.2) is 0 Å². The number of amides is 2. The molecule has 0 aromatic heterocycles. The molecule has 136 valence electrons. The van der Waals surface area contributed by atoms with Crippen LogP contribution in [0.25, 0.3) is 0 Å². The molecule has 3 unspecified atom stereocenters. The van der Waals surface area contributed by atoms with Crippen LogP contribution < -0.4 is 15.5 Å².